The van der Waals surface area contributed by atoms with Gasteiger partial charge in [0, 0.05) is 19.1 Å². The number of benzene rings is 1. The van der Waals surface area contributed by atoms with E-state index in [0.717, 1.165) is 0 Å². The van der Waals surface area contributed by atoms with Gasteiger partial charge in [-0.1, -0.05) is 23.2 Å². The largest absolute Gasteiger partial charge is 0.478 e. The van der Waals surface area contributed by atoms with Crippen molar-refractivity contribution in [2.24, 2.45) is 5.92 Å². The lowest BCUT2D eigenvalue weighted by atomic mass is 9.99. The summed E-state index contributed by atoms with van der Waals surface area (Å²) in [6, 6.07) is 2.52. The number of hydrogen-bond donors (Lipinski definition) is 2. The summed E-state index contributed by atoms with van der Waals surface area (Å²) in [6.07, 6.45) is 1.29. The third-order valence-corrected chi connectivity index (χ3v) is 3.73. The maximum atomic E-state index is 12.1. The fraction of sp³-hybridized carbons (Fsp3) is 0.385. The number of amides is 1. The number of carbonyl (C=O) groups is 2. The standard InChI is InChI=1S/C13H13Cl2NO4/c14-9-5-8(13(18)19)6-10(15)11(9)16-12(17)7-1-3-20-4-2-7/h5-7H,1-4H2,(H,16,17)(H,18,19). The van der Waals surface area contributed by atoms with E-state index in [1.165, 1.54) is 12.1 Å². The van der Waals surface area contributed by atoms with Crippen molar-refractivity contribution in [1.29, 1.82) is 0 Å². The number of hydrogen-bond acceptors (Lipinski definition) is 3. The van der Waals surface area contributed by atoms with E-state index >= 15 is 0 Å². The Morgan fingerprint density at radius 2 is 1.75 bits per heavy atom. The fourth-order valence-corrected chi connectivity index (χ4v) is 2.58. The number of nitrogens with one attached hydrogen (secondary N) is 1. The van der Waals surface area contributed by atoms with Gasteiger partial charge in [-0.15, -0.1) is 0 Å². The number of ether oxygens (including phenoxy) is 1. The van der Waals surface area contributed by atoms with Crippen molar-refractivity contribution in [2.45, 2.75) is 12.8 Å². The molecule has 0 radical (unpaired) electrons. The lowest BCUT2D eigenvalue weighted by Crippen LogP contribution is -2.28. The highest BCUT2D eigenvalue weighted by atomic mass is 35.5. The summed E-state index contributed by atoms with van der Waals surface area (Å²) in [5, 5.41) is 11.8. The Kier molecular flexibility index (Phi) is 4.86. The van der Waals surface area contributed by atoms with E-state index in [2.05, 4.69) is 5.32 Å². The van der Waals surface area contributed by atoms with Crippen molar-refractivity contribution in [1.82, 2.24) is 0 Å². The van der Waals surface area contributed by atoms with Crippen LogP contribution in [0.4, 0.5) is 5.69 Å². The predicted molar refractivity (Wildman–Crippen MR) is 75.6 cm³/mol. The molecule has 1 aromatic carbocycles. The van der Waals surface area contributed by atoms with E-state index in [9.17, 15) is 9.59 Å². The monoisotopic (exact) mass is 317 g/mol. The summed E-state index contributed by atoms with van der Waals surface area (Å²) in [5.74, 6) is -1.45. The Morgan fingerprint density at radius 3 is 2.25 bits per heavy atom. The summed E-state index contributed by atoms with van der Waals surface area (Å²) in [4.78, 5) is 23.0. The summed E-state index contributed by atoms with van der Waals surface area (Å²) in [7, 11) is 0. The SMILES string of the molecule is O=C(O)c1cc(Cl)c(NC(=O)C2CCOCC2)c(Cl)c1. The highest BCUT2D eigenvalue weighted by Crippen LogP contribution is 2.32. The molecule has 108 valence electrons. The minimum Gasteiger partial charge on any atom is -0.478 e. The molecule has 1 saturated heterocycles. The molecule has 7 heteroatoms. The minimum absolute atomic E-state index is 0.0240. The van der Waals surface area contributed by atoms with Gasteiger partial charge in [-0.25, -0.2) is 4.79 Å². The van der Waals surface area contributed by atoms with E-state index < -0.39 is 5.97 Å². The first kappa shape index (κ1) is 15.1. The predicted octanol–water partition coefficient (Wildman–Crippen LogP) is 3.06. The van der Waals surface area contributed by atoms with Crippen molar-refractivity contribution in [3.63, 3.8) is 0 Å². The van der Waals surface area contributed by atoms with Gasteiger partial charge in [0.15, 0.2) is 0 Å². The maximum absolute atomic E-state index is 12.1. The molecule has 0 bridgehead atoms. The van der Waals surface area contributed by atoms with E-state index in [0.29, 0.717) is 26.1 Å². The molecule has 1 aliphatic rings. The lowest BCUT2D eigenvalue weighted by molar-refractivity contribution is -0.122. The van der Waals surface area contributed by atoms with Crippen LogP contribution in [0.3, 0.4) is 0 Å². The van der Waals surface area contributed by atoms with E-state index in [1.807, 2.05) is 0 Å². The first-order valence-corrected chi connectivity index (χ1v) is 6.85. The van der Waals surface area contributed by atoms with Gasteiger partial charge in [0.05, 0.1) is 21.3 Å². The first-order chi connectivity index (χ1) is 9.49. The number of rotatable bonds is 3. The molecule has 1 aliphatic heterocycles. The molecule has 0 unspecified atom stereocenters. The third-order valence-electron chi connectivity index (χ3n) is 3.13. The molecule has 5 nitrogen and oxygen atoms in total. The molecule has 0 aromatic heterocycles. The van der Waals surface area contributed by atoms with Crippen LogP contribution in [0.5, 0.6) is 0 Å². The van der Waals surface area contributed by atoms with Crippen LogP contribution in [-0.4, -0.2) is 30.2 Å². The quantitative estimate of drug-likeness (QED) is 0.898. The van der Waals surface area contributed by atoms with Crippen LogP contribution < -0.4 is 5.32 Å². The number of carboxylic acids is 1. The minimum atomic E-state index is -1.13. The Labute approximate surface area is 125 Å². The average Bonchev–Trinajstić information content (AvgIpc) is 2.43. The topological polar surface area (TPSA) is 75.6 Å². The zero-order valence-corrected chi connectivity index (χ0v) is 12.0. The zero-order valence-electron chi connectivity index (χ0n) is 10.5. The van der Waals surface area contributed by atoms with Crippen LogP contribution in [0.15, 0.2) is 12.1 Å². The van der Waals surface area contributed by atoms with Crippen LogP contribution in [-0.2, 0) is 9.53 Å². The van der Waals surface area contributed by atoms with Gasteiger partial charge in [-0.3, -0.25) is 4.79 Å². The van der Waals surface area contributed by atoms with Crippen LogP contribution in [0.25, 0.3) is 0 Å². The summed E-state index contributed by atoms with van der Waals surface area (Å²) >= 11 is 11.9. The Hall–Kier alpha value is -1.30. The normalized spacial score (nSPS) is 15.9. The zero-order chi connectivity index (χ0) is 14.7. The highest BCUT2D eigenvalue weighted by molar-refractivity contribution is 6.40. The smallest absolute Gasteiger partial charge is 0.335 e. The van der Waals surface area contributed by atoms with Crippen LogP contribution in [0.1, 0.15) is 23.2 Å². The number of aromatic carboxylic acids is 1. The molecule has 0 saturated carbocycles. The summed E-state index contributed by atoms with van der Waals surface area (Å²) in [6.45, 7) is 1.11. The fourth-order valence-electron chi connectivity index (χ4n) is 2.00. The van der Waals surface area contributed by atoms with Crippen molar-refractivity contribution >= 4 is 40.8 Å². The van der Waals surface area contributed by atoms with Crippen LogP contribution >= 0.6 is 23.2 Å². The first-order valence-electron chi connectivity index (χ1n) is 6.10. The summed E-state index contributed by atoms with van der Waals surface area (Å²) < 4.78 is 5.19. The van der Waals surface area contributed by atoms with Crippen molar-refractivity contribution in [3.05, 3.63) is 27.7 Å². The third kappa shape index (κ3) is 3.42. The average molecular weight is 318 g/mol. The molecule has 1 amide bonds. The van der Waals surface area contributed by atoms with E-state index in [4.69, 9.17) is 33.0 Å². The summed E-state index contributed by atoms with van der Waals surface area (Å²) in [5.41, 5.74) is 0.221. The molecular formula is C13H13Cl2NO4. The van der Waals surface area contributed by atoms with Crippen molar-refractivity contribution < 1.29 is 19.4 Å². The van der Waals surface area contributed by atoms with E-state index in [-0.39, 0.29) is 33.1 Å². The Morgan fingerprint density at radius 1 is 1.20 bits per heavy atom. The van der Waals surface area contributed by atoms with Crippen LogP contribution in [0.2, 0.25) is 10.0 Å². The maximum Gasteiger partial charge on any atom is 0.335 e. The van der Waals surface area contributed by atoms with E-state index in [1.54, 1.807) is 0 Å². The molecule has 1 aromatic rings. The second-order valence-electron chi connectivity index (χ2n) is 4.50. The van der Waals surface area contributed by atoms with Crippen molar-refractivity contribution in [3.8, 4) is 0 Å². The molecular weight excluding hydrogens is 305 g/mol. The molecule has 20 heavy (non-hydrogen) atoms. The van der Waals surface area contributed by atoms with Gasteiger partial charge in [0.25, 0.3) is 0 Å². The molecule has 0 spiro atoms. The van der Waals surface area contributed by atoms with Gasteiger partial charge in [-0.05, 0) is 25.0 Å². The highest BCUT2D eigenvalue weighted by Gasteiger charge is 2.23. The van der Waals surface area contributed by atoms with Crippen LogP contribution in [0, 0.1) is 5.92 Å². The molecule has 2 N–H and O–H groups in total. The number of anilines is 1. The molecule has 0 atom stereocenters. The van der Waals surface area contributed by atoms with Gasteiger partial charge >= 0.3 is 5.97 Å². The second-order valence-corrected chi connectivity index (χ2v) is 5.31. The van der Waals surface area contributed by atoms with Gasteiger partial charge < -0.3 is 15.2 Å². The van der Waals surface area contributed by atoms with Crippen molar-refractivity contribution in [2.75, 3.05) is 18.5 Å². The second kappa shape index (κ2) is 6.43. The number of carbonyl (C=O) groups excluding carboxylic acids is 1. The lowest BCUT2D eigenvalue weighted by Gasteiger charge is -2.21. The molecule has 0 aliphatic carbocycles. The Balaban J connectivity index is 2.16. The van der Waals surface area contributed by atoms with Gasteiger partial charge in [0.1, 0.15) is 0 Å². The number of halogens is 2. The van der Waals surface area contributed by atoms with Gasteiger partial charge in [0.2, 0.25) is 5.91 Å². The Bertz CT molecular complexity index is 518. The number of carboxylic acid groups (broad SMARTS) is 1. The van der Waals surface area contributed by atoms with Gasteiger partial charge in [-0.2, -0.15) is 0 Å². The molecule has 2 rings (SSSR count). The molecule has 1 heterocycles. The molecule has 1 fully saturated rings.